The van der Waals surface area contributed by atoms with Crippen LogP contribution >= 0.6 is 23.2 Å². The van der Waals surface area contributed by atoms with Crippen molar-refractivity contribution in [3.05, 3.63) is 73.2 Å². The summed E-state index contributed by atoms with van der Waals surface area (Å²) >= 11 is 12.0. The topological polar surface area (TPSA) is 89.8 Å². The highest BCUT2D eigenvalue weighted by Crippen LogP contribution is 2.24. The number of nitro groups is 1. The van der Waals surface area contributed by atoms with E-state index in [-0.39, 0.29) is 30.0 Å². The van der Waals surface area contributed by atoms with Gasteiger partial charge in [0, 0.05) is 41.3 Å². The number of non-ortho nitro benzene ring substituents is 1. The van der Waals surface area contributed by atoms with E-state index in [0.29, 0.717) is 15.6 Å². The first-order chi connectivity index (χ1) is 12.7. The second-order valence-corrected chi connectivity index (χ2v) is 6.49. The van der Waals surface area contributed by atoms with Crippen molar-refractivity contribution in [2.24, 2.45) is 0 Å². The van der Waals surface area contributed by atoms with Gasteiger partial charge < -0.3 is 9.64 Å². The fraction of sp³-hybridized carbons (Fsp3) is 0.222. The molecule has 0 spiro atoms. The highest BCUT2D eigenvalue weighted by Gasteiger charge is 2.21. The predicted molar refractivity (Wildman–Crippen MR) is 101 cm³/mol. The number of nitro benzene ring substituents is 1. The van der Waals surface area contributed by atoms with Gasteiger partial charge in [-0.05, 0) is 30.7 Å². The number of nitrogens with zero attached hydrogens (tertiary/aromatic N) is 2. The van der Waals surface area contributed by atoms with E-state index in [9.17, 15) is 19.7 Å². The fourth-order valence-corrected chi connectivity index (χ4v) is 2.84. The lowest BCUT2D eigenvalue weighted by Gasteiger charge is -2.18. The number of hydrogen-bond donors (Lipinski definition) is 0. The Morgan fingerprint density at radius 3 is 2.41 bits per heavy atom. The number of carbonyl (C=O) groups is 2. The van der Waals surface area contributed by atoms with Crippen molar-refractivity contribution in [1.82, 2.24) is 4.90 Å². The molecule has 0 aromatic heterocycles. The van der Waals surface area contributed by atoms with Gasteiger partial charge in [0.05, 0.1) is 17.1 Å². The highest BCUT2D eigenvalue weighted by molar-refractivity contribution is 6.35. The summed E-state index contributed by atoms with van der Waals surface area (Å²) in [6, 6.07) is 8.35. The zero-order valence-electron chi connectivity index (χ0n) is 14.6. The summed E-state index contributed by atoms with van der Waals surface area (Å²) in [7, 11) is 1.52. The van der Waals surface area contributed by atoms with E-state index in [2.05, 4.69) is 0 Å². The average Bonchev–Trinajstić information content (AvgIpc) is 2.63. The maximum atomic E-state index is 12.7. The minimum atomic E-state index is -0.737. The van der Waals surface area contributed by atoms with E-state index in [4.69, 9.17) is 27.9 Å². The molecule has 0 bridgehead atoms. The van der Waals surface area contributed by atoms with Crippen LogP contribution in [0.15, 0.2) is 36.4 Å². The third-order valence-electron chi connectivity index (χ3n) is 3.66. The standard InChI is InChI=1S/C18H16Cl2N2O5/c1-3-27-18(24)13-6-12(7-15(8-13)22(25)26)17(23)21(2)10-11-4-5-14(19)9-16(11)20/h4-9H,3,10H2,1-2H3. The van der Waals surface area contributed by atoms with Crippen LogP contribution in [0.25, 0.3) is 0 Å². The van der Waals surface area contributed by atoms with Gasteiger partial charge in [-0.2, -0.15) is 0 Å². The largest absolute Gasteiger partial charge is 0.462 e. The zero-order valence-corrected chi connectivity index (χ0v) is 16.1. The Morgan fingerprint density at radius 1 is 1.15 bits per heavy atom. The molecular formula is C18H16Cl2N2O5. The number of rotatable bonds is 6. The number of hydrogen-bond acceptors (Lipinski definition) is 5. The highest BCUT2D eigenvalue weighted by atomic mass is 35.5. The molecule has 0 radical (unpaired) electrons. The van der Waals surface area contributed by atoms with E-state index in [1.54, 1.807) is 25.1 Å². The molecule has 1 amide bonds. The van der Waals surface area contributed by atoms with Gasteiger partial charge in [0.25, 0.3) is 11.6 Å². The quantitative estimate of drug-likeness (QED) is 0.401. The molecular weight excluding hydrogens is 395 g/mol. The summed E-state index contributed by atoms with van der Waals surface area (Å²) in [4.78, 5) is 36.5. The monoisotopic (exact) mass is 410 g/mol. The van der Waals surface area contributed by atoms with Crippen molar-refractivity contribution in [3.8, 4) is 0 Å². The first-order valence-corrected chi connectivity index (χ1v) is 8.64. The molecule has 0 aliphatic carbocycles. The molecule has 0 fully saturated rings. The Morgan fingerprint density at radius 2 is 1.81 bits per heavy atom. The third kappa shape index (κ3) is 5.18. The van der Waals surface area contributed by atoms with Gasteiger partial charge >= 0.3 is 5.97 Å². The van der Waals surface area contributed by atoms with Crippen LogP contribution in [-0.4, -0.2) is 35.4 Å². The number of ether oxygens (including phenoxy) is 1. The summed E-state index contributed by atoms with van der Waals surface area (Å²) in [6.07, 6.45) is 0. The van der Waals surface area contributed by atoms with Crippen LogP contribution < -0.4 is 0 Å². The Kier molecular flexibility index (Phi) is 6.76. The van der Waals surface area contributed by atoms with Gasteiger partial charge in [-0.15, -0.1) is 0 Å². The number of amides is 1. The summed E-state index contributed by atoms with van der Waals surface area (Å²) in [5.74, 6) is -1.24. The molecule has 2 rings (SSSR count). The molecule has 0 aliphatic heterocycles. The lowest BCUT2D eigenvalue weighted by atomic mass is 10.1. The maximum absolute atomic E-state index is 12.7. The second kappa shape index (κ2) is 8.83. The summed E-state index contributed by atoms with van der Waals surface area (Å²) in [6.45, 7) is 1.89. The molecule has 0 heterocycles. The Balaban J connectivity index is 2.33. The lowest BCUT2D eigenvalue weighted by Crippen LogP contribution is -2.26. The Hall–Kier alpha value is -2.64. The molecule has 0 saturated heterocycles. The Labute approximate surface area is 165 Å². The van der Waals surface area contributed by atoms with Crippen molar-refractivity contribution in [3.63, 3.8) is 0 Å². The van der Waals surface area contributed by atoms with Crippen molar-refractivity contribution < 1.29 is 19.2 Å². The van der Waals surface area contributed by atoms with Crippen LogP contribution in [-0.2, 0) is 11.3 Å². The molecule has 27 heavy (non-hydrogen) atoms. The molecule has 142 valence electrons. The molecule has 2 aromatic rings. The second-order valence-electron chi connectivity index (χ2n) is 5.64. The normalized spacial score (nSPS) is 10.4. The third-order valence-corrected chi connectivity index (χ3v) is 4.24. The number of esters is 1. The van der Waals surface area contributed by atoms with Crippen molar-refractivity contribution in [1.29, 1.82) is 0 Å². The smallest absolute Gasteiger partial charge is 0.338 e. The minimum Gasteiger partial charge on any atom is -0.462 e. The molecule has 0 unspecified atom stereocenters. The summed E-state index contributed by atoms with van der Waals surface area (Å²) in [5.41, 5.74) is 0.224. The first-order valence-electron chi connectivity index (χ1n) is 7.89. The molecule has 0 saturated carbocycles. The fourth-order valence-electron chi connectivity index (χ4n) is 2.37. The first kappa shape index (κ1) is 20.7. The predicted octanol–water partition coefficient (Wildman–Crippen LogP) is 4.35. The average molecular weight is 411 g/mol. The van der Waals surface area contributed by atoms with Gasteiger partial charge in [0.2, 0.25) is 0 Å². The van der Waals surface area contributed by atoms with Crippen LogP contribution in [0.3, 0.4) is 0 Å². The van der Waals surface area contributed by atoms with E-state index < -0.39 is 16.8 Å². The molecule has 9 heteroatoms. The zero-order chi connectivity index (χ0) is 20.1. The van der Waals surface area contributed by atoms with Crippen molar-refractivity contribution in [2.75, 3.05) is 13.7 Å². The minimum absolute atomic E-state index is 0.000149. The van der Waals surface area contributed by atoms with Gasteiger partial charge in [-0.1, -0.05) is 29.3 Å². The SMILES string of the molecule is CCOC(=O)c1cc(C(=O)N(C)Cc2ccc(Cl)cc2Cl)cc([N+](=O)[O-])c1. The van der Waals surface area contributed by atoms with E-state index in [1.807, 2.05) is 0 Å². The van der Waals surface area contributed by atoms with E-state index in [1.165, 1.54) is 18.0 Å². The van der Waals surface area contributed by atoms with Crippen LogP contribution in [0.2, 0.25) is 10.0 Å². The molecule has 0 atom stereocenters. The molecule has 0 N–H and O–H groups in total. The van der Waals surface area contributed by atoms with Crippen LogP contribution in [0.1, 0.15) is 33.2 Å². The number of benzene rings is 2. The lowest BCUT2D eigenvalue weighted by molar-refractivity contribution is -0.384. The maximum Gasteiger partial charge on any atom is 0.338 e. The van der Waals surface area contributed by atoms with Crippen LogP contribution in [0.5, 0.6) is 0 Å². The molecule has 0 aliphatic rings. The number of carbonyl (C=O) groups excluding carboxylic acids is 2. The summed E-state index contributed by atoms with van der Waals surface area (Å²) in [5, 5.41) is 12.0. The van der Waals surface area contributed by atoms with Gasteiger partial charge in [0.15, 0.2) is 0 Å². The molecule has 2 aromatic carbocycles. The molecule has 7 nitrogen and oxygen atoms in total. The van der Waals surface area contributed by atoms with Crippen molar-refractivity contribution >= 4 is 40.8 Å². The van der Waals surface area contributed by atoms with Crippen LogP contribution in [0, 0.1) is 10.1 Å². The van der Waals surface area contributed by atoms with Gasteiger partial charge in [-0.25, -0.2) is 4.79 Å². The van der Waals surface area contributed by atoms with Gasteiger partial charge in [0.1, 0.15) is 0 Å². The van der Waals surface area contributed by atoms with E-state index in [0.717, 1.165) is 12.1 Å². The Bertz CT molecular complexity index is 901. The van der Waals surface area contributed by atoms with Gasteiger partial charge in [-0.3, -0.25) is 14.9 Å². The summed E-state index contributed by atoms with van der Waals surface area (Å²) < 4.78 is 4.86. The van der Waals surface area contributed by atoms with E-state index >= 15 is 0 Å². The van der Waals surface area contributed by atoms with Crippen LogP contribution in [0.4, 0.5) is 5.69 Å². The number of halogens is 2. The van der Waals surface area contributed by atoms with Crippen molar-refractivity contribution in [2.45, 2.75) is 13.5 Å².